The van der Waals surface area contributed by atoms with Crippen molar-refractivity contribution in [3.63, 3.8) is 0 Å². The first-order chi connectivity index (χ1) is 8.35. The molecule has 0 spiro atoms. The summed E-state index contributed by atoms with van der Waals surface area (Å²) in [5.74, 6) is -2.37. The number of halogens is 5. The van der Waals surface area contributed by atoms with Crippen LogP contribution in [0.25, 0.3) is 0 Å². The van der Waals surface area contributed by atoms with Crippen LogP contribution in [0, 0.1) is 11.6 Å². The van der Waals surface area contributed by atoms with Gasteiger partial charge in [0.2, 0.25) is 0 Å². The minimum absolute atomic E-state index is 0.291. The first-order valence-corrected chi connectivity index (χ1v) is 5.59. The number of nitrogens with one attached hydrogen (secondary N) is 1. The number of benzene rings is 1. The summed E-state index contributed by atoms with van der Waals surface area (Å²) < 4.78 is 63.7. The van der Waals surface area contributed by atoms with Crippen LogP contribution < -0.4 is 5.32 Å². The van der Waals surface area contributed by atoms with Crippen molar-refractivity contribution in [1.29, 1.82) is 0 Å². The van der Waals surface area contributed by atoms with Crippen LogP contribution in [0.4, 0.5) is 22.0 Å². The molecule has 1 N–H and O–H groups in total. The molecule has 1 unspecified atom stereocenters. The monoisotopic (exact) mass is 267 g/mol. The first kappa shape index (κ1) is 14.9. The fourth-order valence-electron chi connectivity index (χ4n) is 1.63. The summed E-state index contributed by atoms with van der Waals surface area (Å²) in [6.45, 7) is 2.08. The Balaban J connectivity index is 2.97. The molecule has 1 rings (SSSR count). The quantitative estimate of drug-likeness (QED) is 0.796. The van der Waals surface area contributed by atoms with E-state index in [0.717, 1.165) is 12.1 Å². The first-order valence-electron chi connectivity index (χ1n) is 5.59. The smallest absolute Gasteiger partial charge is 0.310 e. The second-order valence-corrected chi connectivity index (χ2v) is 3.97. The Morgan fingerprint density at radius 3 is 2.44 bits per heavy atom. The highest BCUT2D eigenvalue weighted by atomic mass is 19.4. The molecule has 0 aliphatic heterocycles. The van der Waals surface area contributed by atoms with Crippen LogP contribution in [0.3, 0.4) is 0 Å². The van der Waals surface area contributed by atoms with E-state index in [1.165, 1.54) is 6.07 Å². The lowest BCUT2D eigenvalue weighted by Crippen LogP contribution is -2.28. The maximum atomic E-state index is 13.5. The molecule has 0 amide bonds. The maximum absolute atomic E-state index is 13.5. The molecule has 0 radical (unpaired) electrons. The Kier molecular flexibility index (Phi) is 5.07. The lowest BCUT2D eigenvalue weighted by atomic mass is 10.0. The average Bonchev–Trinajstić information content (AvgIpc) is 2.27. The third-order valence-electron chi connectivity index (χ3n) is 2.43. The third kappa shape index (κ3) is 4.25. The maximum Gasteiger partial charge on any atom is 0.390 e. The lowest BCUT2D eigenvalue weighted by molar-refractivity contribution is -0.140. The summed E-state index contributed by atoms with van der Waals surface area (Å²) in [5, 5.41) is 2.58. The fourth-order valence-corrected chi connectivity index (χ4v) is 1.63. The van der Waals surface area contributed by atoms with Gasteiger partial charge in [0.05, 0.1) is 6.42 Å². The second-order valence-electron chi connectivity index (χ2n) is 3.97. The van der Waals surface area contributed by atoms with E-state index in [1.54, 1.807) is 6.92 Å². The number of hydrogen-bond acceptors (Lipinski definition) is 1. The highest BCUT2D eigenvalue weighted by Gasteiger charge is 2.33. The van der Waals surface area contributed by atoms with Gasteiger partial charge in [0, 0.05) is 11.6 Å². The summed E-state index contributed by atoms with van der Waals surface area (Å²) in [5.41, 5.74) is -0.291. The Hall–Kier alpha value is -1.17. The Bertz CT molecular complexity index is 389. The lowest BCUT2D eigenvalue weighted by Gasteiger charge is -2.21. The van der Waals surface area contributed by atoms with E-state index in [2.05, 4.69) is 5.32 Å². The van der Waals surface area contributed by atoms with Gasteiger partial charge in [0.15, 0.2) is 11.6 Å². The Morgan fingerprint density at radius 2 is 1.89 bits per heavy atom. The number of hydrogen-bond donors (Lipinski definition) is 1. The van der Waals surface area contributed by atoms with Gasteiger partial charge in [-0.3, -0.25) is 0 Å². The SMILES string of the molecule is CCCNC(CC(F)(F)F)c1cccc(F)c1F. The molecule has 1 aromatic carbocycles. The molecular formula is C12H14F5N. The molecule has 0 aliphatic rings. The molecule has 6 heteroatoms. The Morgan fingerprint density at radius 1 is 1.22 bits per heavy atom. The minimum Gasteiger partial charge on any atom is -0.310 e. The molecule has 0 fully saturated rings. The zero-order chi connectivity index (χ0) is 13.8. The summed E-state index contributed by atoms with van der Waals surface area (Å²) in [6.07, 6.45) is -5.07. The van der Waals surface area contributed by atoms with Crippen LogP contribution >= 0.6 is 0 Å². The van der Waals surface area contributed by atoms with Crippen LogP contribution in [0.5, 0.6) is 0 Å². The van der Waals surface area contributed by atoms with Crippen molar-refractivity contribution in [3.8, 4) is 0 Å². The number of rotatable bonds is 5. The van der Waals surface area contributed by atoms with Gasteiger partial charge >= 0.3 is 6.18 Å². The van der Waals surface area contributed by atoms with Crippen LogP contribution in [0.15, 0.2) is 18.2 Å². The molecule has 0 aliphatic carbocycles. The Labute approximate surface area is 102 Å². The predicted octanol–water partition coefficient (Wildman–Crippen LogP) is 3.96. The summed E-state index contributed by atoms with van der Waals surface area (Å²) >= 11 is 0. The van der Waals surface area contributed by atoms with Crippen molar-refractivity contribution in [2.75, 3.05) is 6.54 Å². The van der Waals surface area contributed by atoms with Gasteiger partial charge < -0.3 is 5.32 Å². The molecule has 0 saturated heterocycles. The van der Waals surface area contributed by atoms with Crippen molar-refractivity contribution in [1.82, 2.24) is 5.32 Å². The van der Waals surface area contributed by atoms with Crippen molar-refractivity contribution >= 4 is 0 Å². The van der Waals surface area contributed by atoms with Crippen LogP contribution in [0.1, 0.15) is 31.4 Å². The normalized spacial score (nSPS) is 13.7. The van der Waals surface area contributed by atoms with E-state index in [4.69, 9.17) is 0 Å². The van der Waals surface area contributed by atoms with E-state index in [1.807, 2.05) is 0 Å². The van der Waals surface area contributed by atoms with Gasteiger partial charge in [-0.15, -0.1) is 0 Å². The van der Waals surface area contributed by atoms with Crippen molar-refractivity contribution in [3.05, 3.63) is 35.4 Å². The standard InChI is InChI=1S/C12H14F5N/c1-2-6-18-10(7-12(15,16)17)8-4-3-5-9(13)11(8)14/h3-5,10,18H,2,6-7H2,1H3. The van der Waals surface area contributed by atoms with Crippen molar-refractivity contribution in [2.24, 2.45) is 0 Å². The van der Waals surface area contributed by atoms with Gasteiger partial charge in [-0.05, 0) is 19.0 Å². The minimum atomic E-state index is -4.44. The van der Waals surface area contributed by atoms with Gasteiger partial charge in [-0.1, -0.05) is 19.1 Å². The van der Waals surface area contributed by atoms with E-state index in [0.29, 0.717) is 13.0 Å². The van der Waals surface area contributed by atoms with Gasteiger partial charge in [-0.2, -0.15) is 13.2 Å². The molecule has 0 heterocycles. The average molecular weight is 267 g/mol. The molecule has 1 aromatic rings. The highest BCUT2D eigenvalue weighted by molar-refractivity contribution is 5.22. The third-order valence-corrected chi connectivity index (χ3v) is 2.43. The van der Waals surface area contributed by atoms with Crippen LogP contribution in [-0.2, 0) is 0 Å². The molecule has 1 nitrogen and oxygen atoms in total. The van der Waals surface area contributed by atoms with Gasteiger partial charge in [0.25, 0.3) is 0 Å². The van der Waals surface area contributed by atoms with Gasteiger partial charge in [0.1, 0.15) is 0 Å². The number of alkyl halides is 3. The molecule has 18 heavy (non-hydrogen) atoms. The summed E-state index contributed by atoms with van der Waals surface area (Å²) in [6, 6.07) is 1.98. The van der Waals surface area contributed by atoms with Crippen LogP contribution in [-0.4, -0.2) is 12.7 Å². The second kappa shape index (κ2) is 6.13. The van der Waals surface area contributed by atoms with Gasteiger partial charge in [-0.25, -0.2) is 8.78 Å². The van der Waals surface area contributed by atoms with Crippen LogP contribution in [0.2, 0.25) is 0 Å². The molecule has 102 valence electrons. The molecule has 0 aromatic heterocycles. The van der Waals surface area contributed by atoms with E-state index in [-0.39, 0.29) is 5.56 Å². The van der Waals surface area contributed by atoms with E-state index < -0.39 is 30.3 Å². The molecular weight excluding hydrogens is 253 g/mol. The topological polar surface area (TPSA) is 12.0 Å². The molecule has 1 atom stereocenters. The predicted molar refractivity (Wildman–Crippen MR) is 58.1 cm³/mol. The summed E-state index contributed by atoms with van der Waals surface area (Å²) in [4.78, 5) is 0. The molecule has 0 saturated carbocycles. The zero-order valence-corrected chi connectivity index (χ0v) is 9.82. The van der Waals surface area contributed by atoms with E-state index >= 15 is 0 Å². The van der Waals surface area contributed by atoms with E-state index in [9.17, 15) is 22.0 Å². The van der Waals surface area contributed by atoms with Crippen molar-refractivity contribution < 1.29 is 22.0 Å². The van der Waals surface area contributed by atoms with Crippen molar-refractivity contribution in [2.45, 2.75) is 32.0 Å². The summed E-state index contributed by atoms with van der Waals surface area (Å²) in [7, 11) is 0. The fraction of sp³-hybridized carbons (Fsp3) is 0.500. The zero-order valence-electron chi connectivity index (χ0n) is 9.82. The largest absolute Gasteiger partial charge is 0.390 e. The highest BCUT2D eigenvalue weighted by Crippen LogP contribution is 2.31. The molecule has 0 bridgehead atoms.